The third-order valence-electron chi connectivity index (χ3n) is 8.51. The second kappa shape index (κ2) is 17.0. The number of hydrogen-bond acceptors (Lipinski definition) is 5. The number of hydrogen-bond donors (Lipinski definition) is 4. The van der Waals surface area contributed by atoms with E-state index < -0.39 is 29.2 Å². The summed E-state index contributed by atoms with van der Waals surface area (Å²) < 4.78 is 5.25. The maximum atomic E-state index is 14.3. The Hall–Kier alpha value is -4.60. The lowest BCUT2D eigenvalue weighted by Crippen LogP contribution is -2.59. The van der Waals surface area contributed by atoms with Crippen LogP contribution in [-0.2, 0) is 27.2 Å². The van der Waals surface area contributed by atoms with E-state index in [-0.39, 0.29) is 18.4 Å². The number of alkyl carbamates (subject to hydrolysis) is 1. The molecule has 3 aromatic rings. The van der Waals surface area contributed by atoms with Crippen LogP contribution in [0.2, 0.25) is 0 Å². The summed E-state index contributed by atoms with van der Waals surface area (Å²) in [5.74, 6) is -0.259. The zero-order valence-electron chi connectivity index (χ0n) is 28.8. The van der Waals surface area contributed by atoms with Gasteiger partial charge in [-0.2, -0.15) is 0 Å². The summed E-state index contributed by atoms with van der Waals surface area (Å²) in [6.45, 7) is 9.42. The van der Waals surface area contributed by atoms with E-state index in [0.29, 0.717) is 64.7 Å². The third kappa shape index (κ3) is 10.7. The largest absolute Gasteiger partial charge is 0.444 e. The van der Waals surface area contributed by atoms with Crippen molar-refractivity contribution < 1.29 is 23.9 Å². The maximum absolute atomic E-state index is 14.3. The number of fused-ring (bicyclic) bond motifs is 1. The van der Waals surface area contributed by atoms with Crippen molar-refractivity contribution in [2.24, 2.45) is 5.41 Å². The highest BCUT2D eigenvalue weighted by molar-refractivity contribution is 5.90. The zero-order valence-corrected chi connectivity index (χ0v) is 28.8. The molecule has 4 rings (SSSR count). The summed E-state index contributed by atoms with van der Waals surface area (Å²) in [4.78, 5) is 54.7. The molecule has 3 aromatic carbocycles. The quantitative estimate of drug-likeness (QED) is 0.185. The molecule has 0 radical (unpaired) electrons. The van der Waals surface area contributed by atoms with Gasteiger partial charge in [0.15, 0.2) is 0 Å². The van der Waals surface area contributed by atoms with Crippen molar-refractivity contribution in [3.8, 4) is 0 Å². The van der Waals surface area contributed by atoms with Crippen LogP contribution in [0.5, 0.6) is 0 Å². The number of piperidine rings is 1. The Kier molecular flexibility index (Phi) is 12.8. The average molecular weight is 658 g/mol. The molecule has 10 nitrogen and oxygen atoms in total. The number of benzene rings is 3. The minimum Gasteiger partial charge on any atom is -0.444 e. The van der Waals surface area contributed by atoms with E-state index in [2.05, 4.69) is 27.3 Å². The standard InChI is InChI=1S/C38H51N5O5/c1-5-39-34(45)38(26-28-14-7-6-8-15-28)20-13-23-43(27-38)33(44)32(25-29-18-19-30-16-9-10-17-31(30)24-29)42-35(46)40-21-11-12-22-41-36(47)48-37(2,3)4/h6-10,14-19,24,32H,5,11-13,20-23,25-27H2,1-4H3,(H,39,45)(H,41,47)(H2,40,42,46)/t32-,38+/m1/s1. The number of carbonyl (C=O) groups is 4. The van der Waals surface area contributed by atoms with Gasteiger partial charge in [-0.1, -0.05) is 72.8 Å². The maximum Gasteiger partial charge on any atom is 0.407 e. The summed E-state index contributed by atoms with van der Waals surface area (Å²) in [6.07, 6.45) is 2.99. The Bertz CT molecular complexity index is 1540. The summed E-state index contributed by atoms with van der Waals surface area (Å²) in [5.41, 5.74) is 0.639. The van der Waals surface area contributed by atoms with Gasteiger partial charge in [-0.25, -0.2) is 9.59 Å². The van der Waals surface area contributed by atoms with Gasteiger partial charge in [0.1, 0.15) is 11.6 Å². The van der Waals surface area contributed by atoms with Gasteiger partial charge in [0.2, 0.25) is 11.8 Å². The van der Waals surface area contributed by atoms with E-state index in [9.17, 15) is 19.2 Å². The van der Waals surface area contributed by atoms with Gasteiger partial charge in [0.05, 0.1) is 5.41 Å². The van der Waals surface area contributed by atoms with E-state index >= 15 is 0 Å². The summed E-state index contributed by atoms with van der Waals surface area (Å²) in [6, 6.07) is 22.7. The monoisotopic (exact) mass is 657 g/mol. The lowest BCUT2D eigenvalue weighted by atomic mass is 9.74. The Morgan fingerprint density at radius 3 is 2.25 bits per heavy atom. The molecule has 0 aromatic heterocycles. The molecule has 5 amide bonds. The molecule has 258 valence electrons. The Morgan fingerprint density at radius 2 is 1.54 bits per heavy atom. The van der Waals surface area contributed by atoms with Crippen molar-refractivity contribution in [2.75, 3.05) is 32.7 Å². The summed E-state index contributed by atoms with van der Waals surface area (Å²) in [7, 11) is 0. The molecule has 2 atom stereocenters. The van der Waals surface area contributed by atoms with Crippen molar-refractivity contribution in [2.45, 2.75) is 77.9 Å². The van der Waals surface area contributed by atoms with Crippen molar-refractivity contribution >= 4 is 34.7 Å². The number of likely N-dealkylation sites (tertiary alicyclic amines) is 1. The molecule has 1 heterocycles. The Morgan fingerprint density at radius 1 is 0.854 bits per heavy atom. The molecule has 1 saturated heterocycles. The molecule has 10 heteroatoms. The van der Waals surface area contributed by atoms with Gasteiger partial charge in [-0.15, -0.1) is 0 Å². The minimum absolute atomic E-state index is 0.0516. The zero-order chi connectivity index (χ0) is 34.6. The first-order valence-electron chi connectivity index (χ1n) is 17.1. The van der Waals surface area contributed by atoms with E-state index in [1.54, 1.807) is 4.90 Å². The van der Waals surface area contributed by atoms with Crippen LogP contribution in [-0.4, -0.2) is 73.2 Å². The second-order valence-corrected chi connectivity index (χ2v) is 13.6. The highest BCUT2D eigenvalue weighted by atomic mass is 16.6. The predicted molar refractivity (Wildman–Crippen MR) is 189 cm³/mol. The first kappa shape index (κ1) is 36.2. The van der Waals surface area contributed by atoms with Crippen molar-refractivity contribution in [3.63, 3.8) is 0 Å². The third-order valence-corrected chi connectivity index (χ3v) is 8.51. The van der Waals surface area contributed by atoms with Crippen molar-refractivity contribution in [1.29, 1.82) is 0 Å². The topological polar surface area (TPSA) is 129 Å². The number of unbranched alkanes of at least 4 members (excludes halogenated alkanes) is 1. The number of amides is 5. The van der Waals surface area contributed by atoms with Gasteiger partial charge in [-0.3, -0.25) is 9.59 Å². The van der Waals surface area contributed by atoms with Crippen molar-refractivity contribution in [1.82, 2.24) is 26.2 Å². The number of ether oxygens (including phenoxy) is 1. The normalized spacial score (nSPS) is 16.9. The van der Waals surface area contributed by atoms with Crippen LogP contribution in [0.25, 0.3) is 10.8 Å². The Balaban J connectivity index is 1.45. The van der Waals surface area contributed by atoms with E-state index in [1.165, 1.54) is 0 Å². The van der Waals surface area contributed by atoms with Crippen LogP contribution in [0.4, 0.5) is 9.59 Å². The van der Waals surface area contributed by atoms with Crippen LogP contribution < -0.4 is 21.3 Å². The molecule has 0 spiro atoms. The first-order chi connectivity index (χ1) is 23.0. The van der Waals surface area contributed by atoms with Gasteiger partial charge in [0.25, 0.3) is 0 Å². The second-order valence-electron chi connectivity index (χ2n) is 13.6. The van der Waals surface area contributed by atoms with Crippen LogP contribution in [0.1, 0.15) is 64.5 Å². The molecular weight excluding hydrogens is 606 g/mol. The number of nitrogens with zero attached hydrogens (tertiary/aromatic N) is 1. The number of rotatable bonds is 13. The number of urea groups is 1. The van der Waals surface area contributed by atoms with Crippen LogP contribution in [0.15, 0.2) is 72.8 Å². The number of carbonyl (C=O) groups excluding carboxylic acids is 4. The highest BCUT2D eigenvalue weighted by Gasteiger charge is 2.44. The Labute approximate surface area is 284 Å². The van der Waals surface area contributed by atoms with Crippen LogP contribution >= 0.6 is 0 Å². The van der Waals surface area contributed by atoms with Crippen LogP contribution in [0.3, 0.4) is 0 Å². The molecule has 0 aliphatic carbocycles. The molecule has 1 aliphatic rings. The fraction of sp³-hybridized carbons (Fsp3) is 0.474. The van der Waals surface area contributed by atoms with Gasteiger partial charge in [-0.05, 0) is 81.7 Å². The van der Waals surface area contributed by atoms with E-state index in [0.717, 1.165) is 21.9 Å². The lowest BCUT2D eigenvalue weighted by Gasteiger charge is -2.43. The van der Waals surface area contributed by atoms with Gasteiger partial charge < -0.3 is 30.9 Å². The minimum atomic E-state index is -0.832. The molecule has 1 aliphatic heterocycles. The molecule has 1 fully saturated rings. The molecular formula is C38H51N5O5. The fourth-order valence-electron chi connectivity index (χ4n) is 6.25. The van der Waals surface area contributed by atoms with E-state index in [4.69, 9.17) is 4.74 Å². The summed E-state index contributed by atoms with van der Waals surface area (Å²) >= 11 is 0. The molecule has 0 bridgehead atoms. The lowest BCUT2D eigenvalue weighted by molar-refractivity contribution is -0.142. The molecule has 4 N–H and O–H groups in total. The highest BCUT2D eigenvalue weighted by Crippen LogP contribution is 2.35. The van der Waals surface area contributed by atoms with Crippen LogP contribution in [0, 0.1) is 5.41 Å². The fourth-order valence-corrected chi connectivity index (χ4v) is 6.25. The molecule has 0 saturated carbocycles. The van der Waals surface area contributed by atoms with Gasteiger partial charge >= 0.3 is 12.1 Å². The van der Waals surface area contributed by atoms with Gasteiger partial charge in [0, 0.05) is 39.1 Å². The average Bonchev–Trinajstić information content (AvgIpc) is 3.05. The van der Waals surface area contributed by atoms with E-state index in [1.807, 2.05) is 94.4 Å². The smallest absolute Gasteiger partial charge is 0.407 e. The predicted octanol–water partition coefficient (Wildman–Crippen LogP) is 5.34. The van der Waals surface area contributed by atoms with Crippen molar-refractivity contribution in [3.05, 3.63) is 83.9 Å². The summed E-state index contributed by atoms with van der Waals surface area (Å²) in [5, 5.41) is 13.7. The molecule has 0 unspecified atom stereocenters. The first-order valence-corrected chi connectivity index (χ1v) is 17.1. The molecule has 48 heavy (non-hydrogen) atoms. The SMILES string of the molecule is CCNC(=O)[C@]1(Cc2ccccc2)CCCN(C(=O)[C@@H](Cc2ccc3ccccc3c2)NC(=O)NCCCCNC(=O)OC(C)(C)C)C1. The number of nitrogens with one attached hydrogen (secondary N) is 4.